The van der Waals surface area contributed by atoms with Crippen LogP contribution >= 0.6 is 11.6 Å². The van der Waals surface area contributed by atoms with E-state index in [2.05, 4.69) is 29.4 Å². The van der Waals surface area contributed by atoms with E-state index in [4.69, 9.17) is 16.3 Å². The molecule has 0 amide bonds. The van der Waals surface area contributed by atoms with Crippen LogP contribution in [0.4, 0.5) is 0 Å². The molecule has 1 aliphatic heterocycles. The van der Waals surface area contributed by atoms with E-state index in [1.54, 1.807) is 12.3 Å². The second-order valence-corrected chi connectivity index (χ2v) is 4.19. The molecule has 2 heterocycles. The van der Waals surface area contributed by atoms with Crippen molar-refractivity contribution in [1.29, 1.82) is 0 Å². The van der Waals surface area contributed by atoms with Crippen LogP contribution < -0.4 is 10.1 Å². The molecule has 0 spiro atoms. The van der Waals surface area contributed by atoms with Crippen molar-refractivity contribution in [3.63, 3.8) is 0 Å². The van der Waals surface area contributed by atoms with Gasteiger partial charge in [-0.05, 0) is 19.1 Å². The van der Waals surface area contributed by atoms with E-state index in [0.717, 1.165) is 12.3 Å². The van der Waals surface area contributed by atoms with Crippen molar-refractivity contribution in [2.24, 2.45) is 0 Å². The van der Waals surface area contributed by atoms with Crippen molar-refractivity contribution >= 4 is 11.6 Å². The van der Waals surface area contributed by atoms with Gasteiger partial charge in [0.1, 0.15) is 17.5 Å². The molecule has 1 N–H and O–H groups in total. The van der Waals surface area contributed by atoms with Crippen LogP contribution in [-0.4, -0.2) is 23.7 Å². The van der Waals surface area contributed by atoms with Crippen LogP contribution in [0.25, 0.3) is 0 Å². The first-order valence-corrected chi connectivity index (χ1v) is 5.23. The van der Waals surface area contributed by atoms with Gasteiger partial charge >= 0.3 is 0 Å². The van der Waals surface area contributed by atoms with Gasteiger partial charge in [0.25, 0.3) is 0 Å². The molecular formula is C11H13ClN2O. The molecular weight excluding hydrogens is 212 g/mol. The van der Waals surface area contributed by atoms with Crippen molar-refractivity contribution < 1.29 is 4.74 Å². The fraction of sp³-hybridized carbons (Fsp3) is 0.364. The maximum atomic E-state index is 5.68. The Labute approximate surface area is 94.1 Å². The third kappa shape index (κ3) is 2.70. The average Bonchev–Trinajstić information content (AvgIpc) is 2.65. The minimum absolute atomic E-state index is 0.0698. The first-order chi connectivity index (χ1) is 7.18. The van der Waals surface area contributed by atoms with Gasteiger partial charge in [-0.15, -0.1) is 0 Å². The zero-order valence-electron chi connectivity index (χ0n) is 8.53. The molecule has 0 fully saturated rings. The fourth-order valence-electron chi connectivity index (χ4n) is 1.45. The minimum Gasteiger partial charge on any atom is -0.490 e. The summed E-state index contributed by atoms with van der Waals surface area (Å²) in [6, 6.07) is 3.54. The van der Waals surface area contributed by atoms with Crippen molar-refractivity contribution in [2.75, 3.05) is 13.2 Å². The summed E-state index contributed by atoms with van der Waals surface area (Å²) in [6.45, 7) is 3.59. The third-order valence-corrected chi connectivity index (χ3v) is 2.57. The maximum absolute atomic E-state index is 5.68. The Bertz CT molecular complexity index is 363. The zero-order valence-corrected chi connectivity index (χ0v) is 9.29. The predicted molar refractivity (Wildman–Crippen MR) is 60.3 cm³/mol. The Hall–Kier alpha value is -1.06. The van der Waals surface area contributed by atoms with Gasteiger partial charge in [-0.2, -0.15) is 0 Å². The number of pyridine rings is 1. The number of rotatable bonds is 3. The van der Waals surface area contributed by atoms with Gasteiger partial charge in [-0.1, -0.05) is 23.8 Å². The lowest BCUT2D eigenvalue weighted by molar-refractivity contribution is 0.239. The van der Waals surface area contributed by atoms with Gasteiger partial charge in [0.05, 0.1) is 11.7 Å². The molecule has 3 nitrogen and oxygen atoms in total. The van der Waals surface area contributed by atoms with Crippen LogP contribution in [0.3, 0.4) is 0 Å². The Kier molecular flexibility index (Phi) is 2.93. The highest BCUT2D eigenvalue weighted by Crippen LogP contribution is 2.16. The highest BCUT2D eigenvalue weighted by Gasteiger charge is 2.23. The molecule has 1 aromatic heterocycles. The Morgan fingerprint density at radius 3 is 3.07 bits per heavy atom. The van der Waals surface area contributed by atoms with Gasteiger partial charge in [0.2, 0.25) is 0 Å². The van der Waals surface area contributed by atoms with Crippen molar-refractivity contribution in [3.8, 4) is 5.75 Å². The van der Waals surface area contributed by atoms with Crippen LogP contribution in [0.5, 0.6) is 5.75 Å². The van der Waals surface area contributed by atoms with Crippen molar-refractivity contribution in [2.45, 2.75) is 12.5 Å². The average molecular weight is 225 g/mol. The molecule has 1 aromatic rings. The zero-order chi connectivity index (χ0) is 10.7. The van der Waals surface area contributed by atoms with E-state index in [-0.39, 0.29) is 5.54 Å². The molecule has 80 valence electrons. The molecule has 0 radical (unpaired) electrons. The fourth-order valence-corrected chi connectivity index (χ4v) is 1.56. The van der Waals surface area contributed by atoms with Gasteiger partial charge < -0.3 is 10.1 Å². The predicted octanol–water partition coefficient (Wildman–Crippen LogP) is 2.03. The van der Waals surface area contributed by atoms with Crippen LogP contribution in [0.1, 0.15) is 6.92 Å². The highest BCUT2D eigenvalue weighted by molar-refractivity contribution is 6.29. The molecule has 0 aliphatic carbocycles. The number of hydrogen-bond donors (Lipinski definition) is 1. The number of nitrogens with zero attached hydrogens (tertiary/aromatic N) is 1. The molecule has 15 heavy (non-hydrogen) atoms. The lowest BCUT2D eigenvalue weighted by Crippen LogP contribution is -2.42. The molecule has 4 heteroatoms. The molecule has 0 saturated carbocycles. The van der Waals surface area contributed by atoms with E-state index >= 15 is 0 Å². The SMILES string of the molecule is C[C@]1(COc2ccc(Cl)nc2)C=CCN1. The number of hydrogen-bond acceptors (Lipinski definition) is 3. The van der Waals surface area contributed by atoms with Gasteiger partial charge in [0.15, 0.2) is 0 Å². The molecule has 0 aromatic carbocycles. The molecule has 1 atom stereocenters. The third-order valence-electron chi connectivity index (χ3n) is 2.35. The number of halogens is 1. The molecule has 2 rings (SSSR count). The molecule has 0 saturated heterocycles. The quantitative estimate of drug-likeness (QED) is 0.630. The summed E-state index contributed by atoms with van der Waals surface area (Å²) in [5, 5.41) is 3.81. The normalized spacial score (nSPS) is 24.4. The number of aromatic nitrogens is 1. The van der Waals surface area contributed by atoms with Crippen LogP contribution in [0.15, 0.2) is 30.5 Å². The lowest BCUT2D eigenvalue weighted by Gasteiger charge is -2.22. The topological polar surface area (TPSA) is 34.1 Å². The minimum atomic E-state index is -0.0698. The van der Waals surface area contributed by atoms with E-state index < -0.39 is 0 Å². The summed E-state index contributed by atoms with van der Waals surface area (Å²) in [4.78, 5) is 3.95. The maximum Gasteiger partial charge on any atom is 0.137 e. The number of ether oxygens (including phenoxy) is 1. The monoisotopic (exact) mass is 224 g/mol. The second-order valence-electron chi connectivity index (χ2n) is 3.81. The lowest BCUT2D eigenvalue weighted by atomic mass is 10.1. The Balaban J connectivity index is 1.93. The van der Waals surface area contributed by atoms with Crippen molar-refractivity contribution in [1.82, 2.24) is 10.3 Å². The van der Waals surface area contributed by atoms with E-state index in [1.165, 1.54) is 0 Å². The molecule has 1 aliphatic rings. The van der Waals surface area contributed by atoms with Crippen LogP contribution in [-0.2, 0) is 0 Å². The first-order valence-electron chi connectivity index (χ1n) is 4.85. The highest BCUT2D eigenvalue weighted by atomic mass is 35.5. The van der Waals surface area contributed by atoms with E-state index in [0.29, 0.717) is 11.8 Å². The Morgan fingerprint density at radius 1 is 1.60 bits per heavy atom. The largest absolute Gasteiger partial charge is 0.490 e. The molecule has 0 unspecified atom stereocenters. The van der Waals surface area contributed by atoms with Crippen molar-refractivity contribution in [3.05, 3.63) is 35.6 Å². The first kappa shape index (κ1) is 10.5. The van der Waals surface area contributed by atoms with E-state index in [1.807, 2.05) is 6.07 Å². The van der Waals surface area contributed by atoms with Crippen LogP contribution in [0.2, 0.25) is 5.15 Å². The van der Waals surface area contributed by atoms with Crippen LogP contribution in [0, 0.1) is 0 Å². The smallest absolute Gasteiger partial charge is 0.137 e. The van der Waals surface area contributed by atoms with Gasteiger partial charge in [0, 0.05) is 6.54 Å². The summed E-state index contributed by atoms with van der Waals surface area (Å²) in [5.41, 5.74) is -0.0698. The summed E-state index contributed by atoms with van der Waals surface area (Å²) in [7, 11) is 0. The molecule has 0 bridgehead atoms. The Morgan fingerprint density at radius 2 is 2.47 bits per heavy atom. The van der Waals surface area contributed by atoms with E-state index in [9.17, 15) is 0 Å². The summed E-state index contributed by atoms with van der Waals surface area (Å²) < 4.78 is 5.61. The standard InChI is InChI=1S/C11H13ClN2O/c1-11(5-2-6-14-11)8-15-9-3-4-10(12)13-7-9/h2-5,7,14H,6,8H2,1H3/t11-/m1/s1. The summed E-state index contributed by atoms with van der Waals surface area (Å²) >= 11 is 5.68. The number of nitrogens with one attached hydrogen (secondary N) is 1. The van der Waals surface area contributed by atoms with Gasteiger partial charge in [-0.25, -0.2) is 4.98 Å². The summed E-state index contributed by atoms with van der Waals surface area (Å²) in [5.74, 6) is 0.739. The summed E-state index contributed by atoms with van der Waals surface area (Å²) in [6.07, 6.45) is 5.85. The second kappa shape index (κ2) is 4.21. The van der Waals surface area contributed by atoms with Gasteiger partial charge in [-0.3, -0.25) is 0 Å².